The van der Waals surface area contributed by atoms with E-state index >= 15 is 0 Å². The van der Waals surface area contributed by atoms with Crippen molar-refractivity contribution in [1.29, 1.82) is 0 Å². The number of fused-ring (bicyclic) bond motifs is 1. The predicted octanol–water partition coefficient (Wildman–Crippen LogP) is 5.19. The lowest BCUT2D eigenvalue weighted by atomic mass is 9.93. The van der Waals surface area contributed by atoms with Crippen molar-refractivity contribution in [2.45, 2.75) is 62.2 Å². The Morgan fingerprint density at radius 3 is 2.39 bits per heavy atom. The van der Waals surface area contributed by atoms with E-state index in [4.69, 9.17) is 9.16 Å². The van der Waals surface area contributed by atoms with Crippen LogP contribution in [0.15, 0.2) is 53.3 Å². The smallest absolute Gasteiger partial charge is 0.312 e. The van der Waals surface area contributed by atoms with Crippen LogP contribution >= 0.6 is 11.3 Å². The Morgan fingerprint density at radius 1 is 1.21 bits per heavy atom. The van der Waals surface area contributed by atoms with Crippen LogP contribution in [0.4, 0.5) is 0 Å². The van der Waals surface area contributed by atoms with Crippen molar-refractivity contribution in [2.24, 2.45) is 0 Å². The number of rotatable bonds is 6. The van der Waals surface area contributed by atoms with Gasteiger partial charge in [-0.15, -0.1) is 17.9 Å². The molecule has 1 aliphatic rings. The van der Waals surface area contributed by atoms with Gasteiger partial charge in [-0.3, -0.25) is 4.79 Å². The molecule has 2 aromatic rings. The van der Waals surface area contributed by atoms with E-state index in [1.807, 2.05) is 45.3 Å². The summed E-state index contributed by atoms with van der Waals surface area (Å²) in [6, 6.07) is 7.16. The van der Waals surface area contributed by atoms with Gasteiger partial charge in [-0.25, -0.2) is 8.42 Å². The quantitative estimate of drug-likeness (QED) is 0.397. The van der Waals surface area contributed by atoms with Crippen LogP contribution in [0.25, 0.3) is 0 Å². The number of hydrogen-bond donors (Lipinski definition) is 0. The summed E-state index contributed by atoms with van der Waals surface area (Å²) in [4.78, 5) is 14.9. The second-order valence-electron chi connectivity index (χ2n) is 9.73. The highest BCUT2D eigenvalue weighted by Gasteiger charge is 2.48. The number of thiophene rings is 1. The Labute approximate surface area is 202 Å². The second kappa shape index (κ2) is 9.36. The van der Waals surface area contributed by atoms with Crippen molar-refractivity contribution < 1.29 is 22.4 Å². The van der Waals surface area contributed by atoms with Crippen molar-refractivity contribution in [3.63, 3.8) is 0 Å². The molecule has 0 saturated carbocycles. The van der Waals surface area contributed by atoms with Gasteiger partial charge in [0, 0.05) is 17.3 Å². The third kappa shape index (κ3) is 4.96. The zero-order valence-corrected chi connectivity index (χ0v) is 22.8. The molecular weight excluding hydrogens is 474 g/mol. The fraction of sp³-hybridized carbons (Fsp3) is 0.458. The molecule has 0 bridgehead atoms. The number of carbonyl (C=O) groups is 1. The molecule has 180 valence electrons. The van der Waals surface area contributed by atoms with Crippen molar-refractivity contribution in [1.82, 2.24) is 4.31 Å². The minimum Gasteiger partial charge on any atom is -0.518 e. The first kappa shape index (κ1) is 25.7. The molecule has 0 unspecified atom stereocenters. The molecule has 0 amide bonds. The summed E-state index contributed by atoms with van der Waals surface area (Å²) < 4.78 is 40.2. The molecule has 0 saturated heterocycles. The fourth-order valence-corrected chi connectivity index (χ4v) is 7.15. The number of sulfonamides is 1. The summed E-state index contributed by atoms with van der Waals surface area (Å²) in [5, 5.41) is 1.77. The number of ether oxygens (including phenoxy) is 1. The van der Waals surface area contributed by atoms with Gasteiger partial charge in [-0.2, -0.15) is 4.31 Å². The van der Waals surface area contributed by atoms with E-state index in [0.717, 1.165) is 10.4 Å². The van der Waals surface area contributed by atoms with Gasteiger partial charge in [0.05, 0.1) is 12.0 Å². The molecule has 1 aromatic heterocycles. The normalized spacial score (nSPS) is 19.9. The number of carbonyl (C=O) groups excluding carboxylic acids is 1. The summed E-state index contributed by atoms with van der Waals surface area (Å²) in [6.45, 7) is 14.3. The average molecular weight is 508 g/mol. The predicted molar refractivity (Wildman–Crippen MR) is 135 cm³/mol. The zero-order valence-electron chi connectivity index (χ0n) is 20.1. The average Bonchev–Trinajstić information content (AvgIpc) is 3.13. The topological polar surface area (TPSA) is 72.9 Å². The molecule has 0 fully saturated rings. The fourth-order valence-electron chi connectivity index (χ4n) is 3.69. The summed E-state index contributed by atoms with van der Waals surface area (Å²) in [6.07, 6.45) is 2.20. The first-order valence-corrected chi connectivity index (χ1v) is 16.1. The molecule has 6 nitrogen and oxygen atoms in total. The monoisotopic (exact) mass is 507 g/mol. The van der Waals surface area contributed by atoms with Crippen LogP contribution in [-0.4, -0.2) is 46.7 Å². The highest BCUT2D eigenvalue weighted by atomic mass is 32.2. The number of hydrogen-bond acceptors (Lipinski definition) is 6. The Bertz CT molecular complexity index is 1120. The van der Waals surface area contributed by atoms with Crippen molar-refractivity contribution in [3.05, 3.63) is 58.8 Å². The maximum absolute atomic E-state index is 13.8. The Kier molecular flexibility index (Phi) is 7.29. The minimum atomic E-state index is -3.99. The number of benzene rings is 1. The molecule has 0 radical (unpaired) electrons. The molecule has 1 aliphatic heterocycles. The third-order valence-corrected chi connectivity index (χ3v) is 13.9. The van der Waals surface area contributed by atoms with E-state index in [-0.39, 0.29) is 16.5 Å². The zero-order chi connectivity index (χ0) is 24.6. The van der Waals surface area contributed by atoms with Crippen LogP contribution in [0.3, 0.4) is 0 Å². The lowest BCUT2D eigenvalue weighted by Gasteiger charge is -2.39. The van der Waals surface area contributed by atoms with Crippen LogP contribution < -0.4 is 4.74 Å². The van der Waals surface area contributed by atoms with Crippen molar-refractivity contribution in [3.8, 4) is 5.75 Å². The highest BCUT2D eigenvalue weighted by Crippen LogP contribution is 2.41. The molecule has 1 aromatic carbocycles. The molecule has 3 rings (SSSR count). The molecule has 0 N–H and O–H groups in total. The van der Waals surface area contributed by atoms with E-state index in [1.165, 1.54) is 23.5 Å². The van der Waals surface area contributed by atoms with Gasteiger partial charge in [0.2, 0.25) is 10.0 Å². The van der Waals surface area contributed by atoms with Gasteiger partial charge < -0.3 is 9.16 Å². The third-order valence-electron chi connectivity index (χ3n) is 6.67. The lowest BCUT2D eigenvalue weighted by molar-refractivity contribution is -0.140. The molecule has 0 aliphatic carbocycles. The van der Waals surface area contributed by atoms with E-state index in [9.17, 15) is 13.2 Å². The minimum absolute atomic E-state index is 0.112. The molecule has 2 heterocycles. The summed E-state index contributed by atoms with van der Waals surface area (Å²) in [5.74, 6) is -0.452. The van der Waals surface area contributed by atoms with Crippen LogP contribution in [-0.2, 0) is 25.7 Å². The number of nitrogens with zero attached hydrogens (tertiary/aromatic N) is 1. The van der Waals surface area contributed by atoms with Crippen LogP contribution in [0.2, 0.25) is 18.1 Å². The van der Waals surface area contributed by atoms with Gasteiger partial charge in [0.1, 0.15) is 11.8 Å². The van der Waals surface area contributed by atoms with E-state index in [1.54, 1.807) is 29.5 Å². The van der Waals surface area contributed by atoms with Gasteiger partial charge in [-0.05, 0) is 65.8 Å². The molecule has 0 spiro atoms. The lowest BCUT2D eigenvalue weighted by Crippen LogP contribution is -2.52. The van der Waals surface area contributed by atoms with Crippen LogP contribution in [0.5, 0.6) is 5.75 Å². The first-order valence-electron chi connectivity index (χ1n) is 10.9. The van der Waals surface area contributed by atoms with Crippen molar-refractivity contribution >= 4 is 35.6 Å². The van der Waals surface area contributed by atoms with E-state index < -0.39 is 36.3 Å². The van der Waals surface area contributed by atoms with Gasteiger partial charge in [-0.1, -0.05) is 26.8 Å². The molecule has 33 heavy (non-hydrogen) atoms. The Balaban J connectivity index is 2.10. The van der Waals surface area contributed by atoms with Gasteiger partial charge >= 0.3 is 5.97 Å². The Morgan fingerprint density at radius 2 is 1.85 bits per heavy atom. The largest absolute Gasteiger partial charge is 0.518 e. The van der Waals surface area contributed by atoms with Gasteiger partial charge in [0.25, 0.3) is 8.32 Å². The molecule has 2 atom stereocenters. The van der Waals surface area contributed by atoms with E-state index in [0.29, 0.717) is 12.2 Å². The SMILES string of the molecule is C=C[C@@H]1c2ccsc2CCN(S(=O)(=O)c2ccc(OC)cc2)[C@@H]1C(=O)O[Si](C)(C)C(C)(C)C. The standard InChI is InChI=1S/C24H33NO5S2Si/c1-8-19-20-14-16-31-21(20)13-15-25(22(19)23(26)30-33(6,7)24(2,3)4)32(27,28)18-11-9-17(29-5)10-12-18/h8-12,14,16,19,22H,1,13,15H2,2-7H3/t19-,22+/m1/s1. The summed E-state index contributed by atoms with van der Waals surface area (Å²) >= 11 is 1.57. The van der Waals surface area contributed by atoms with E-state index in [2.05, 4.69) is 6.58 Å². The van der Waals surface area contributed by atoms with Crippen LogP contribution in [0.1, 0.15) is 37.1 Å². The second-order valence-corrected chi connectivity index (χ2v) is 17.3. The maximum atomic E-state index is 13.8. The van der Waals surface area contributed by atoms with Gasteiger partial charge in [0.15, 0.2) is 0 Å². The molecular formula is C24H33NO5S2Si. The highest BCUT2D eigenvalue weighted by molar-refractivity contribution is 7.89. The summed E-state index contributed by atoms with van der Waals surface area (Å²) in [7, 11) is -4.94. The Hall–Kier alpha value is -1.94. The summed E-state index contributed by atoms with van der Waals surface area (Å²) in [5.41, 5.74) is 0.944. The van der Waals surface area contributed by atoms with Crippen molar-refractivity contribution in [2.75, 3.05) is 13.7 Å². The first-order chi connectivity index (χ1) is 15.3. The molecule has 9 heteroatoms. The van der Waals surface area contributed by atoms with Crippen LogP contribution in [0, 0.1) is 0 Å². The maximum Gasteiger partial charge on any atom is 0.312 e. The number of methoxy groups -OCH3 is 1.